The van der Waals surface area contributed by atoms with Gasteiger partial charge in [0.1, 0.15) is 11.3 Å². The Morgan fingerprint density at radius 3 is 2.65 bits per heavy atom. The summed E-state index contributed by atoms with van der Waals surface area (Å²) in [6, 6.07) is 5.51. The summed E-state index contributed by atoms with van der Waals surface area (Å²) in [7, 11) is 0. The van der Waals surface area contributed by atoms with Gasteiger partial charge in [-0.2, -0.15) is 0 Å². The first-order valence-electron chi connectivity index (χ1n) is 5.99. The predicted molar refractivity (Wildman–Crippen MR) is 70.0 cm³/mol. The third-order valence-electron chi connectivity index (χ3n) is 2.79. The van der Waals surface area contributed by atoms with Crippen molar-refractivity contribution in [3.63, 3.8) is 0 Å². The van der Waals surface area contributed by atoms with Crippen LogP contribution in [0.1, 0.15) is 25.1 Å². The second-order valence-electron chi connectivity index (χ2n) is 4.19. The van der Waals surface area contributed by atoms with Gasteiger partial charge in [-0.3, -0.25) is 0 Å². The van der Waals surface area contributed by atoms with Crippen molar-refractivity contribution < 1.29 is 4.39 Å². The fraction of sp³-hybridized carbons (Fsp3) is 0.357. The smallest absolute Gasteiger partial charge is 0.149 e. The van der Waals surface area contributed by atoms with Crippen molar-refractivity contribution in [1.82, 2.24) is 4.98 Å². The molecule has 0 aliphatic heterocycles. The molecule has 90 valence electrons. The number of nitrogens with one attached hydrogen (secondary N) is 1. The molecule has 0 aliphatic rings. The van der Waals surface area contributed by atoms with Crippen LogP contribution in [0.4, 0.5) is 10.1 Å². The normalized spacial score (nSPS) is 10.8. The Morgan fingerprint density at radius 1 is 1.24 bits per heavy atom. The molecular weight excluding hydrogens is 215 g/mol. The second-order valence-corrected chi connectivity index (χ2v) is 4.19. The van der Waals surface area contributed by atoms with E-state index in [1.165, 1.54) is 6.07 Å². The fourth-order valence-electron chi connectivity index (χ4n) is 1.99. The maximum atomic E-state index is 13.9. The largest absolute Gasteiger partial charge is 0.385 e. The van der Waals surface area contributed by atoms with Gasteiger partial charge in [-0.25, -0.2) is 9.37 Å². The number of nitrogens with zero attached hydrogens (tertiary/aromatic N) is 1. The van der Waals surface area contributed by atoms with Gasteiger partial charge in [0.15, 0.2) is 0 Å². The van der Waals surface area contributed by atoms with Gasteiger partial charge in [0.25, 0.3) is 0 Å². The van der Waals surface area contributed by atoms with Crippen molar-refractivity contribution in [2.75, 3.05) is 11.9 Å². The molecule has 0 radical (unpaired) electrons. The number of hydrogen-bond donors (Lipinski definition) is 1. The Morgan fingerprint density at radius 2 is 2.00 bits per heavy atom. The number of halogens is 1. The summed E-state index contributed by atoms with van der Waals surface area (Å²) in [6.45, 7) is 6.77. The summed E-state index contributed by atoms with van der Waals surface area (Å²) in [5, 5.41) is 4.14. The van der Waals surface area contributed by atoms with E-state index in [9.17, 15) is 4.39 Å². The van der Waals surface area contributed by atoms with E-state index >= 15 is 0 Å². The van der Waals surface area contributed by atoms with Crippen LogP contribution >= 0.6 is 0 Å². The Kier molecular flexibility index (Phi) is 3.27. The molecule has 0 saturated carbocycles. The maximum absolute atomic E-state index is 13.9. The number of aryl methyl sites for hydroxylation is 2. The minimum absolute atomic E-state index is 0.241. The molecule has 0 atom stereocenters. The number of fused-ring (bicyclic) bond motifs is 1. The maximum Gasteiger partial charge on any atom is 0.149 e. The van der Waals surface area contributed by atoms with Crippen molar-refractivity contribution in [2.45, 2.75) is 27.2 Å². The summed E-state index contributed by atoms with van der Waals surface area (Å²) in [4.78, 5) is 4.36. The number of hydrogen-bond acceptors (Lipinski definition) is 2. The molecule has 0 saturated heterocycles. The van der Waals surface area contributed by atoms with Gasteiger partial charge >= 0.3 is 0 Å². The highest BCUT2D eigenvalue weighted by molar-refractivity contribution is 5.92. The summed E-state index contributed by atoms with van der Waals surface area (Å²) in [5.74, 6) is -0.241. The van der Waals surface area contributed by atoms with E-state index < -0.39 is 0 Å². The molecule has 3 heteroatoms. The average molecular weight is 232 g/mol. The zero-order chi connectivity index (χ0) is 12.4. The van der Waals surface area contributed by atoms with Gasteiger partial charge in [0.05, 0.1) is 0 Å². The molecule has 0 bridgehead atoms. The van der Waals surface area contributed by atoms with Crippen LogP contribution in [-0.4, -0.2) is 11.5 Å². The molecule has 0 fully saturated rings. The highest BCUT2D eigenvalue weighted by atomic mass is 19.1. The molecule has 0 unspecified atom stereocenters. The van der Waals surface area contributed by atoms with E-state index in [-0.39, 0.29) is 5.82 Å². The summed E-state index contributed by atoms with van der Waals surface area (Å²) < 4.78 is 13.9. The first kappa shape index (κ1) is 11.8. The molecule has 1 aromatic heterocycles. The van der Waals surface area contributed by atoms with Crippen LogP contribution in [0.5, 0.6) is 0 Å². The van der Waals surface area contributed by atoms with Crippen LogP contribution in [0.3, 0.4) is 0 Å². The van der Waals surface area contributed by atoms with Crippen LogP contribution in [0, 0.1) is 12.7 Å². The first-order valence-corrected chi connectivity index (χ1v) is 5.99. The Hall–Kier alpha value is -1.64. The molecular formula is C14H17FN2. The van der Waals surface area contributed by atoms with E-state index in [1.54, 1.807) is 0 Å². The minimum Gasteiger partial charge on any atom is -0.385 e. The molecule has 0 amide bonds. The zero-order valence-electron chi connectivity index (χ0n) is 10.5. The van der Waals surface area contributed by atoms with Gasteiger partial charge in [-0.1, -0.05) is 6.92 Å². The number of benzene rings is 1. The molecule has 1 N–H and O–H groups in total. The molecule has 0 spiro atoms. The van der Waals surface area contributed by atoms with Crippen LogP contribution in [-0.2, 0) is 6.42 Å². The number of rotatable bonds is 3. The van der Waals surface area contributed by atoms with Crippen LogP contribution in [0.15, 0.2) is 18.2 Å². The van der Waals surface area contributed by atoms with E-state index in [0.717, 1.165) is 35.3 Å². The van der Waals surface area contributed by atoms with Gasteiger partial charge < -0.3 is 5.32 Å². The van der Waals surface area contributed by atoms with Crippen molar-refractivity contribution >= 4 is 16.6 Å². The number of pyridine rings is 1. The highest BCUT2D eigenvalue weighted by Crippen LogP contribution is 2.26. The molecule has 0 aliphatic carbocycles. The summed E-state index contributed by atoms with van der Waals surface area (Å²) in [6.07, 6.45) is 0.807. The third-order valence-corrected chi connectivity index (χ3v) is 2.79. The first-order chi connectivity index (χ1) is 8.15. The fourth-order valence-corrected chi connectivity index (χ4v) is 1.99. The van der Waals surface area contributed by atoms with Crippen molar-refractivity contribution in [3.8, 4) is 0 Å². The van der Waals surface area contributed by atoms with E-state index in [0.29, 0.717) is 5.52 Å². The molecule has 1 aromatic carbocycles. The van der Waals surface area contributed by atoms with E-state index in [1.807, 2.05) is 32.9 Å². The van der Waals surface area contributed by atoms with Gasteiger partial charge in [-0.15, -0.1) is 0 Å². The van der Waals surface area contributed by atoms with Crippen molar-refractivity contribution in [3.05, 3.63) is 35.3 Å². The molecule has 2 aromatic rings. The predicted octanol–water partition coefficient (Wildman–Crippen LogP) is 3.68. The van der Waals surface area contributed by atoms with E-state index in [2.05, 4.69) is 10.3 Å². The summed E-state index contributed by atoms with van der Waals surface area (Å²) >= 11 is 0. The SMILES string of the molecule is CCNc1cc(CC)nc2c(F)cc(C)cc12. The molecule has 2 rings (SSSR count). The quantitative estimate of drug-likeness (QED) is 0.873. The Bertz CT molecular complexity index is 549. The second kappa shape index (κ2) is 4.70. The van der Waals surface area contributed by atoms with Crippen LogP contribution in [0.25, 0.3) is 10.9 Å². The van der Waals surface area contributed by atoms with Crippen molar-refractivity contribution in [1.29, 1.82) is 0 Å². The van der Waals surface area contributed by atoms with Gasteiger partial charge in [-0.05, 0) is 44.0 Å². The number of aromatic nitrogens is 1. The molecule has 2 nitrogen and oxygen atoms in total. The van der Waals surface area contributed by atoms with Crippen LogP contribution in [0.2, 0.25) is 0 Å². The number of anilines is 1. The highest BCUT2D eigenvalue weighted by Gasteiger charge is 2.09. The Balaban J connectivity index is 2.76. The lowest BCUT2D eigenvalue weighted by Gasteiger charge is -2.11. The lowest BCUT2D eigenvalue weighted by molar-refractivity contribution is 0.635. The molecule has 1 heterocycles. The lowest BCUT2D eigenvalue weighted by atomic mass is 10.1. The Labute approximate surface area is 101 Å². The van der Waals surface area contributed by atoms with E-state index in [4.69, 9.17) is 0 Å². The lowest BCUT2D eigenvalue weighted by Crippen LogP contribution is -2.01. The standard InChI is InChI=1S/C14H17FN2/c1-4-10-8-13(16-5-2)11-6-9(3)7-12(15)14(11)17-10/h6-8H,4-5H2,1-3H3,(H,16,17). The zero-order valence-corrected chi connectivity index (χ0v) is 10.5. The third kappa shape index (κ3) is 2.23. The van der Waals surface area contributed by atoms with Gasteiger partial charge in [0, 0.05) is 23.3 Å². The summed E-state index contributed by atoms with van der Waals surface area (Å²) in [5.41, 5.74) is 3.26. The average Bonchev–Trinajstić information content (AvgIpc) is 2.30. The monoisotopic (exact) mass is 232 g/mol. The van der Waals surface area contributed by atoms with Crippen molar-refractivity contribution in [2.24, 2.45) is 0 Å². The minimum atomic E-state index is -0.241. The molecule has 17 heavy (non-hydrogen) atoms. The topological polar surface area (TPSA) is 24.9 Å². The van der Waals surface area contributed by atoms with Gasteiger partial charge in [0.2, 0.25) is 0 Å². The van der Waals surface area contributed by atoms with Crippen LogP contribution < -0.4 is 5.32 Å².